The first-order valence-electron chi connectivity index (χ1n) is 5.75. The number of pyridine rings is 1. The molecule has 2 aromatic heterocycles. The molecule has 0 atom stereocenters. The molecule has 0 N–H and O–H groups in total. The van der Waals surface area contributed by atoms with Gasteiger partial charge >= 0.3 is 0 Å². The molecule has 0 radical (unpaired) electrons. The lowest BCUT2D eigenvalue weighted by Gasteiger charge is -2.08. The van der Waals surface area contributed by atoms with Crippen molar-refractivity contribution in [3.63, 3.8) is 0 Å². The first-order chi connectivity index (χ1) is 9.08. The van der Waals surface area contributed by atoms with E-state index in [1.807, 2.05) is 31.3 Å². The van der Waals surface area contributed by atoms with Crippen LogP contribution in [-0.2, 0) is 0 Å². The SMILES string of the molecule is Cc1nsc(C)c1-c1cnc2ccc(Br)cc2c1Cl. The van der Waals surface area contributed by atoms with Gasteiger partial charge in [-0.15, -0.1) is 0 Å². The topological polar surface area (TPSA) is 25.8 Å². The van der Waals surface area contributed by atoms with Crippen LogP contribution >= 0.6 is 39.1 Å². The van der Waals surface area contributed by atoms with Crippen LogP contribution < -0.4 is 0 Å². The van der Waals surface area contributed by atoms with Crippen molar-refractivity contribution in [1.82, 2.24) is 9.36 Å². The van der Waals surface area contributed by atoms with E-state index in [0.717, 1.165) is 42.1 Å². The van der Waals surface area contributed by atoms with E-state index in [2.05, 4.69) is 32.2 Å². The quantitative estimate of drug-likeness (QED) is 0.586. The third kappa shape index (κ3) is 2.18. The molecule has 0 aliphatic heterocycles. The van der Waals surface area contributed by atoms with Crippen molar-refractivity contribution in [2.75, 3.05) is 0 Å². The van der Waals surface area contributed by atoms with Crippen LogP contribution in [0, 0.1) is 13.8 Å². The van der Waals surface area contributed by atoms with Gasteiger partial charge in [-0.05, 0) is 43.6 Å². The van der Waals surface area contributed by atoms with E-state index in [9.17, 15) is 0 Å². The molecule has 96 valence electrons. The van der Waals surface area contributed by atoms with Gasteiger partial charge in [-0.2, -0.15) is 4.37 Å². The van der Waals surface area contributed by atoms with Crippen LogP contribution in [0.25, 0.3) is 22.0 Å². The van der Waals surface area contributed by atoms with E-state index < -0.39 is 0 Å². The van der Waals surface area contributed by atoms with Crippen molar-refractivity contribution in [1.29, 1.82) is 0 Å². The summed E-state index contributed by atoms with van der Waals surface area (Å²) in [5.74, 6) is 0. The largest absolute Gasteiger partial charge is 0.256 e. The molecule has 0 saturated carbocycles. The normalized spacial score (nSPS) is 11.2. The van der Waals surface area contributed by atoms with Crippen LogP contribution in [0.1, 0.15) is 10.6 Å². The van der Waals surface area contributed by atoms with Crippen molar-refractivity contribution in [3.05, 3.63) is 44.5 Å². The minimum atomic E-state index is 0.734. The molecule has 0 aliphatic rings. The predicted octanol–water partition coefficient (Wildman–Crippen LogP) is 5.39. The Balaban J connectivity index is 2.34. The van der Waals surface area contributed by atoms with Crippen LogP contribution in [0.4, 0.5) is 0 Å². The summed E-state index contributed by atoms with van der Waals surface area (Å²) in [6.07, 6.45) is 1.84. The maximum atomic E-state index is 6.56. The second kappa shape index (κ2) is 4.85. The standard InChI is InChI=1S/C14H10BrClN2S/c1-7-13(8(2)19-18-7)11-6-17-12-4-3-9(15)5-10(12)14(11)16/h3-6H,1-2H3. The van der Waals surface area contributed by atoms with E-state index in [1.165, 1.54) is 11.5 Å². The smallest absolute Gasteiger partial charge is 0.0718 e. The summed E-state index contributed by atoms with van der Waals surface area (Å²) in [5, 5.41) is 1.69. The Labute approximate surface area is 128 Å². The third-order valence-corrected chi connectivity index (χ3v) is 4.81. The summed E-state index contributed by atoms with van der Waals surface area (Å²) in [7, 11) is 0. The van der Waals surface area contributed by atoms with Crippen LogP contribution in [0.2, 0.25) is 5.02 Å². The fraction of sp³-hybridized carbons (Fsp3) is 0.143. The maximum Gasteiger partial charge on any atom is 0.0718 e. The lowest BCUT2D eigenvalue weighted by Crippen LogP contribution is -1.88. The zero-order valence-corrected chi connectivity index (χ0v) is 13.5. The summed E-state index contributed by atoms with van der Waals surface area (Å²) < 4.78 is 5.38. The number of hydrogen-bond acceptors (Lipinski definition) is 3. The van der Waals surface area contributed by atoms with Gasteiger partial charge in [-0.3, -0.25) is 4.98 Å². The molecule has 3 aromatic rings. The molecule has 0 saturated heterocycles. The van der Waals surface area contributed by atoms with Gasteiger partial charge in [-0.1, -0.05) is 27.5 Å². The zero-order chi connectivity index (χ0) is 13.6. The summed E-state index contributed by atoms with van der Waals surface area (Å²) in [6.45, 7) is 4.06. The number of halogens is 2. The molecule has 0 spiro atoms. The average Bonchev–Trinajstić information content (AvgIpc) is 2.71. The van der Waals surface area contributed by atoms with E-state index in [0.29, 0.717) is 0 Å². The average molecular weight is 354 g/mol. The molecular formula is C14H10BrClN2S. The Hall–Kier alpha value is -0.970. The van der Waals surface area contributed by atoms with E-state index in [4.69, 9.17) is 11.6 Å². The Morgan fingerprint density at radius 1 is 1.26 bits per heavy atom. The van der Waals surface area contributed by atoms with Gasteiger partial charge in [0.15, 0.2) is 0 Å². The molecule has 0 fully saturated rings. The minimum Gasteiger partial charge on any atom is -0.256 e. The van der Waals surface area contributed by atoms with Crippen LogP contribution in [0.15, 0.2) is 28.9 Å². The summed E-state index contributed by atoms with van der Waals surface area (Å²) in [4.78, 5) is 5.66. The maximum absolute atomic E-state index is 6.56. The van der Waals surface area contributed by atoms with Gasteiger partial charge in [0.1, 0.15) is 0 Å². The molecule has 0 aliphatic carbocycles. The highest BCUT2D eigenvalue weighted by atomic mass is 79.9. The molecule has 3 rings (SSSR count). The van der Waals surface area contributed by atoms with E-state index >= 15 is 0 Å². The molecule has 2 nitrogen and oxygen atoms in total. The van der Waals surface area contributed by atoms with Gasteiger partial charge in [0.05, 0.1) is 16.2 Å². The monoisotopic (exact) mass is 352 g/mol. The number of fused-ring (bicyclic) bond motifs is 1. The fourth-order valence-electron chi connectivity index (χ4n) is 2.17. The van der Waals surface area contributed by atoms with E-state index in [1.54, 1.807) is 0 Å². The molecule has 19 heavy (non-hydrogen) atoms. The molecule has 1 aromatic carbocycles. The first-order valence-corrected chi connectivity index (χ1v) is 7.69. The zero-order valence-electron chi connectivity index (χ0n) is 10.4. The van der Waals surface area contributed by atoms with Gasteiger partial charge in [0, 0.05) is 32.1 Å². The second-order valence-corrected chi connectivity index (χ2v) is 6.62. The lowest BCUT2D eigenvalue weighted by atomic mass is 10.0. The Kier molecular flexibility index (Phi) is 3.33. The molecule has 2 heterocycles. The Morgan fingerprint density at radius 3 is 2.74 bits per heavy atom. The first kappa shape index (κ1) is 13.0. The van der Waals surface area contributed by atoms with Gasteiger partial charge in [0.25, 0.3) is 0 Å². The summed E-state index contributed by atoms with van der Waals surface area (Å²) in [6, 6.07) is 5.92. The number of aromatic nitrogens is 2. The molecule has 0 unspecified atom stereocenters. The Bertz CT molecular complexity index is 763. The van der Waals surface area contributed by atoms with Crippen molar-refractivity contribution in [2.45, 2.75) is 13.8 Å². The molecule has 5 heteroatoms. The number of nitrogens with zero attached hydrogens (tertiary/aromatic N) is 2. The second-order valence-electron chi connectivity index (χ2n) is 4.35. The van der Waals surface area contributed by atoms with Crippen LogP contribution in [0.3, 0.4) is 0 Å². The number of rotatable bonds is 1. The number of aryl methyl sites for hydroxylation is 2. The predicted molar refractivity (Wildman–Crippen MR) is 85.0 cm³/mol. The van der Waals surface area contributed by atoms with Crippen molar-refractivity contribution < 1.29 is 0 Å². The number of hydrogen-bond donors (Lipinski definition) is 0. The van der Waals surface area contributed by atoms with E-state index in [-0.39, 0.29) is 0 Å². The highest BCUT2D eigenvalue weighted by Crippen LogP contribution is 2.38. The van der Waals surface area contributed by atoms with Gasteiger partial charge in [-0.25, -0.2) is 0 Å². The Morgan fingerprint density at radius 2 is 2.05 bits per heavy atom. The lowest BCUT2D eigenvalue weighted by molar-refractivity contribution is 1.32. The highest BCUT2D eigenvalue weighted by Gasteiger charge is 2.15. The fourth-order valence-corrected chi connectivity index (χ4v) is 3.54. The van der Waals surface area contributed by atoms with Crippen molar-refractivity contribution in [2.24, 2.45) is 0 Å². The molecule has 0 bridgehead atoms. The minimum absolute atomic E-state index is 0.734. The third-order valence-electron chi connectivity index (χ3n) is 3.07. The van der Waals surface area contributed by atoms with Gasteiger partial charge in [0.2, 0.25) is 0 Å². The van der Waals surface area contributed by atoms with Crippen LogP contribution in [-0.4, -0.2) is 9.36 Å². The number of benzene rings is 1. The highest BCUT2D eigenvalue weighted by molar-refractivity contribution is 9.10. The molecule has 0 amide bonds. The van der Waals surface area contributed by atoms with Crippen LogP contribution in [0.5, 0.6) is 0 Å². The van der Waals surface area contributed by atoms with Crippen molar-refractivity contribution >= 4 is 50.0 Å². The van der Waals surface area contributed by atoms with Gasteiger partial charge < -0.3 is 0 Å². The summed E-state index contributed by atoms with van der Waals surface area (Å²) in [5.41, 5.74) is 3.95. The summed E-state index contributed by atoms with van der Waals surface area (Å²) >= 11 is 11.5. The molecular weight excluding hydrogens is 344 g/mol. The van der Waals surface area contributed by atoms with Crippen molar-refractivity contribution in [3.8, 4) is 11.1 Å².